The summed E-state index contributed by atoms with van der Waals surface area (Å²) in [6, 6.07) is 23.9. The number of rotatable bonds is 11. The number of hydrogen-bond acceptors (Lipinski definition) is 10. The minimum Gasteiger partial charge on any atom is -0.465 e. The number of carbonyl (C=O) groups excluding carboxylic acids is 2. The fourth-order valence-corrected chi connectivity index (χ4v) is 5.40. The molecule has 0 aliphatic carbocycles. The standard InChI is InChI=1S/C30H32N6O6S/c1-2-40-27(38)17-31-29(39)32-23-8-6-7-22(15-23)28-41-25(16-26(42-28)21-13-11-20(18-37)12-14-21)19-43-30-33-34-35-36(30)24-9-4-3-5-10-24/h3-15,25-26,28,37H,2,16-19H2,1H3,(H2,31,32,39)/t25-,26+,28+/m0/s1. The van der Waals surface area contributed by atoms with Crippen LogP contribution in [0, 0.1) is 0 Å². The zero-order valence-electron chi connectivity index (χ0n) is 23.5. The molecule has 4 aromatic rings. The van der Waals surface area contributed by atoms with E-state index >= 15 is 0 Å². The van der Waals surface area contributed by atoms with Crippen LogP contribution in [0.25, 0.3) is 5.69 Å². The molecule has 1 aliphatic rings. The molecular weight excluding hydrogens is 572 g/mol. The van der Waals surface area contributed by atoms with Crippen LogP contribution in [-0.2, 0) is 25.6 Å². The van der Waals surface area contributed by atoms with E-state index in [0.29, 0.717) is 28.6 Å². The molecule has 5 rings (SSSR count). The van der Waals surface area contributed by atoms with Gasteiger partial charge in [0, 0.05) is 23.4 Å². The Hall–Kier alpha value is -4.30. The lowest BCUT2D eigenvalue weighted by molar-refractivity contribution is -0.245. The predicted octanol–water partition coefficient (Wildman–Crippen LogP) is 4.18. The second-order valence-electron chi connectivity index (χ2n) is 9.61. The van der Waals surface area contributed by atoms with E-state index in [1.165, 1.54) is 11.8 Å². The first kappa shape index (κ1) is 30.2. The maximum Gasteiger partial charge on any atom is 0.325 e. The van der Waals surface area contributed by atoms with Gasteiger partial charge in [-0.1, -0.05) is 66.4 Å². The highest BCUT2D eigenvalue weighted by molar-refractivity contribution is 7.99. The molecule has 3 atom stereocenters. The Morgan fingerprint density at radius 1 is 1.05 bits per heavy atom. The van der Waals surface area contributed by atoms with Crippen LogP contribution >= 0.6 is 11.8 Å². The molecule has 3 N–H and O–H groups in total. The molecular formula is C30H32N6O6S. The number of aliphatic hydroxyl groups is 1. The summed E-state index contributed by atoms with van der Waals surface area (Å²) >= 11 is 1.49. The monoisotopic (exact) mass is 604 g/mol. The van der Waals surface area contributed by atoms with Crippen LogP contribution in [0.3, 0.4) is 0 Å². The lowest BCUT2D eigenvalue weighted by Gasteiger charge is -2.36. The van der Waals surface area contributed by atoms with Gasteiger partial charge < -0.3 is 30.0 Å². The second kappa shape index (κ2) is 14.7. The summed E-state index contributed by atoms with van der Waals surface area (Å²) in [5, 5.41) is 27.5. The van der Waals surface area contributed by atoms with E-state index in [4.69, 9.17) is 14.2 Å². The number of para-hydroxylation sites is 1. The molecule has 0 bridgehead atoms. The van der Waals surface area contributed by atoms with Crippen molar-refractivity contribution >= 4 is 29.4 Å². The first-order valence-electron chi connectivity index (χ1n) is 13.8. The van der Waals surface area contributed by atoms with Crippen molar-refractivity contribution in [3.05, 3.63) is 95.6 Å². The summed E-state index contributed by atoms with van der Waals surface area (Å²) in [4.78, 5) is 23.9. The number of esters is 1. The molecule has 1 aliphatic heterocycles. The number of hydrogen-bond donors (Lipinski definition) is 3. The number of thioether (sulfide) groups is 1. The van der Waals surface area contributed by atoms with Crippen molar-refractivity contribution in [1.29, 1.82) is 0 Å². The number of nitrogens with zero attached hydrogens (tertiary/aromatic N) is 4. The molecule has 1 fully saturated rings. The van der Waals surface area contributed by atoms with Gasteiger partial charge in [0.2, 0.25) is 5.16 Å². The number of ether oxygens (including phenoxy) is 3. The summed E-state index contributed by atoms with van der Waals surface area (Å²) in [6.07, 6.45) is -0.650. The third-order valence-electron chi connectivity index (χ3n) is 6.57. The number of tetrazole rings is 1. The van der Waals surface area contributed by atoms with Gasteiger partial charge in [0.1, 0.15) is 6.54 Å². The molecule has 0 unspecified atom stereocenters. The molecule has 2 heterocycles. The van der Waals surface area contributed by atoms with Crippen LogP contribution in [0.4, 0.5) is 10.5 Å². The Balaban J connectivity index is 1.31. The normalized spacial score (nSPS) is 18.1. The van der Waals surface area contributed by atoms with Crippen LogP contribution in [-0.4, -0.2) is 62.3 Å². The van der Waals surface area contributed by atoms with Crippen molar-refractivity contribution in [2.75, 3.05) is 24.2 Å². The third-order valence-corrected chi connectivity index (χ3v) is 7.62. The molecule has 3 aromatic carbocycles. The maximum absolute atomic E-state index is 12.3. The molecule has 224 valence electrons. The van der Waals surface area contributed by atoms with E-state index in [1.807, 2.05) is 60.7 Å². The first-order valence-corrected chi connectivity index (χ1v) is 14.8. The van der Waals surface area contributed by atoms with Crippen LogP contribution in [0.2, 0.25) is 0 Å². The van der Waals surface area contributed by atoms with E-state index in [0.717, 1.165) is 16.8 Å². The Labute approximate surface area is 252 Å². The molecule has 13 heteroatoms. The molecule has 1 aromatic heterocycles. The zero-order valence-corrected chi connectivity index (χ0v) is 24.3. The largest absolute Gasteiger partial charge is 0.465 e. The summed E-state index contributed by atoms with van der Waals surface area (Å²) in [6.45, 7) is 1.66. The number of benzene rings is 3. The molecule has 0 radical (unpaired) electrons. The van der Waals surface area contributed by atoms with Crippen molar-refractivity contribution in [1.82, 2.24) is 25.5 Å². The average molecular weight is 605 g/mol. The van der Waals surface area contributed by atoms with Gasteiger partial charge in [0.25, 0.3) is 0 Å². The highest BCUT2D eigenvalue weighted by atomic mass is 32.2. The Morgan fingerprint density at radius 3 is 2.63 bits per heavy atom. The number of nitrogens with one attached hydrogen (secondary N) is 2. The highest BCUT2D eigenvalue weighted by Crippen LogP contribution is 2.39. The van der Waals surface area contributed by atoms with Gasteiger partial charge in [-0.05, 0) is 52.7 Å². The molecule has 1 saturated heterocycles. The zero-order chi connectivity index (χ0) is 30.0. The number of aliphatic hydroxyl groups excluding tert-OH is 1. The topological polar surface area (TPSA) is 150 Å². The Bertz CT molecular complexity index is 1500. The van der Waals surface area contributed by atoms with Crippen LogP contribution in [0.5, 0.6) is 0 Å². The second-order valence-corrected chi connectivity index (χ2v) is 10.6. The summed E-state index contributed by atoms with van der Waals surface area (Å²) in [5.74, 6) is 0.0436. The smallest absolute Gasteiger partial charge is 0.325 e. The van der Waals surface area contributed by atoms with Crippen molar-refractivity contribution in [2.24, 2.45) is 0 Å². The summed E-state index contributed by atoms with van der Waals surface area (Å²) in [7, 11) is 0. The number of amides is 2. The molecule has 12 nitrogen and oxygen atoms in total. The van der Waals surface area contributed by atoms with E-state index < -0.39 is 18.3 Å². The number of carbonyl (C=O) groups is 2. The van der Waals surface area contributed by atoms with Gasteiger partial charge >= 0.3 is 12.0 Å². The quantitative estimate of drug-likeness (QED) is 0.168. The Morgan fingerprint density at radius 2 is 1.86 bits per heavy atom. The third kappa shape index (κ3) is 8.17. The summed E-state index contributed by atoms with van der Waals surface area (Å²) < 4.78 is 19.4. The van der Waals surface area contributed by atoms with Crippen molar-refractivity contribution in [3.63, 3.8) is 0 Å². The molecule has 2 amide bonds. The number of anilines is 1. The summed E-state index contributed by atoms with van der Waals surface area (Å²) in [5.41, 5.74) is 3.85. The van der Waals surface area contributed by atoms with Crippen molar-refractivity contribution in [3.8, 4) is 5.69 Å². The van der Waals surface area contributed by atoms with Crippen LogP contribution < -0.4 is 10.6 Å². The fourth-order valence-electron chi connectivity index (χ4n) is 4.49. The van der Waals surface area contributed by atoms with Gasteiger partial charge in [-0.15, -0.1) is 5.10 Å². The Kier molecular flexibility index (Phi) is 10.3. The van der Waals surface area contributed by atoms with Crippen molar-refractivity contribution in [2.45, 2.75) is 43.6 Å². The van der Waals surface area contributed by atoms with Crippen LogP contribution in [0.15, 0.2) is 84.0 Å². The van der Waals surface area contributed by atoms with E-state index in [9.17, 15) is 14.7 Å². The van der Waals surface area contributed by atoms with Crippen molar-refractivity contribution < 1.29 is 28.9 Å². The van der Waals surface area contributed by atoms with Gasteiger partial charge in [-0.3, -0.25) is 4.79 Å². The van der Waals surface area contributed by atoms with Gasteiger partial charge in [-0.2, -0.15) is 4.68 Å². The lowest BCUT2D eigenvalue weighted by atomic mass is 10.0. The minimum absolute atomic E-state index is 0.0416. The predicted molar refractivity (Wildman–Crippen MR) is 158 cm³/mol. The highest BCUT2D eigenvalue weighted by Gasteiger charge is 2.33. The average Bonchev–Trinajstić information content (AvgIpc) is 3.52. The van der Waals surface area contributed by atoms with Gasteiger partial charge in [0.05, 0.1) is 31.1 Å². The minimum atomic E-state index is -0.726. The van der Waals surface area contributed by atoms with E-state index in [-0.39, 0.29) is 32.0 Å². The molecule has 0 saturated carbocycles. The fraction of sp³-hybridized carbons (Fsp3) is 0.300. The first-order chi connectivity index (χ1) is 21.0. The number of urea groups is 1. The number of aromatic nitrogens is 4. The molecule has 43 heavy (non-hydrogen) atoms. The van der Waals surface area contributed by atoms with Crippen LogP contribution in [0.1, 0.15) is 42.4 Å². The maximum atomic E-state index is 12.3. The lowest BCUT2D eigenvalue weighted by Crippen LogP contribution is -2.34. The molecule has 0 spiro atoms. The SMILES string of the molecule is CCOC(=O)CNC(=O)Nc1cccc([C@@H]2O[C@H](CSc3nnnn3-c3ccccc3)C[C@H](c3ccc(CO)cc3)O2)c1. The van der Waals surface area contributed by atoms with E-state index in [2.05, 4.69) is 26.2 Å². The van der Waals surface area contributed by atoms with Gasteiger partial charge in [-0.25, -0.2) is 4.79 Å². The van der Waals surface area contributed by atoms with E-state index in [1.54, 1.807) is 29.8 Å². The van der Waals surface area contributed by atoms with Gasteiger partial charge in [0.15, 0.2) is 6.29 Å².